The highest BCUT2D eigenvalue weighted by Crippen LogP contribution is 1.96. The molecule has 0 aliphatic heterocycles. The van der Waals surface area contributed by atoms with Gasteiger partial charge in [-0.05, 0) is 24.9 Å². The molecule has 0 aromatic heterocycles. The van der Waals surface area contributed by atoms with Crippen LogP contribution in [-0.4, -0.2) is 39.3 Å². The summed E-state index contributed by atoms with van der Waals surface area (Å²) in [6.07, 6.45) is 2.53. The van der Waals surface area contributed by atoms with Gasteiger partial charge in [0, 0.05) is 26.2 Å². The zero-order valence-electron chi connectivity index (χ0n) is 12.3. The molecule has 2 unspecified atom stereocenters. The lowest BCUT2D eigenvalue weighted by molar-refractivity contribution is 0.478. The van der Waals surface area contributed by atoms with Crippen molar-refractivity contribution in [2.75, 3.05) is 39.3 Å². The second-order valence-corrected chi connectivity index (χ2v) is 5.19. The third kappa shape index (κ3) is 12.1. The van der Waals surface area contributed by atoms with Gasteiger partial charge in [-0.2, -0.15) is 0 Å². The van der Waals surface area contributed by atoms with E-state index in [-0.39, 0.29) is 0 Å². The molecule has 0 amide bonds. The summed E-state index contributed by atoms with van der Waals surface area (Å²) >= 11 is 0. The Morgan fingerprint density at radius 1 is 0.647 bits per heavy atom. The second-order valence-electron chi connectivity index (χ2n) is 5.19. The Kier molecular flexibility index (Phi) is 12.3. The van der Waals surface area contributed by atoms with Crippen LogP contribution >= 0.6 is 0 Å². The maximum atomic E-state index is 3.47. The molecule has 3 heteroatoms. The van der Waals surface area contributed by atoms with Gasteiger partial charge in [-0.15, -0.1) is 0 Å². The number of hydrogen-bond acceptors (Lipinski definition) is 3. The first-order chi connectivity index (χ1) is 8.20. The Balaban J connectivity index is 3.04. The van der Waals surface area contributed by atoms with Gasteiger partial charge in [-0.3, -0.25) is 0 Å². The number of rotatable bonds is 12. The molecule has 0 saturated carbocycles. The van der Waals surface area contributed by atoms with Gasteiger partial charge in [0.1, 0.15) is 0 Å². The van der Waals surface area contributed by atoms with Gasteiger partial charge in [0.15, 0.2) is 0 Å². The SMILES string of the molecule is CCC(C)CNCCNCCNCC(C)CC. The molecule has 0 aliphatic rings. The zero-order chi connectivity index (χ0) is 12.9. The van der Waals surface area contributed by atoms with Crippen LogP contribution in [0.4, 0.5) is 0 Å². The topological polar surface area (TPSA) is 36.1 Å². The minimum atomic E-state index is 0.798. The van der Waals surface area contributed by atoms with Crippen molar-refractivity contribution >= 4 is 0 Å². The van der Waals surface area contributed by atoms with Crippen molar-refractivity contribution in [2.45, 2.75) is 40.5 Å². The lowest BCUT2D eigenvalue weighted by Gasteiger charge is -2.12. The molecule has 0 bridgehead atoms. The van der Waals surface area contributed by atoms with Gasteiger partial charge in [0.05, 0.1) is 0 Å². The van der Waals surface area contributed by atoms with Crippen molar-refractivity contribution in [2.24, 2.45) is 11.8 Å². The fraction of sp³-hybridized carbons (Fsp3) is 1.00. The smallest absolute Gasteiger partial charge is 0.00772 e. The second kappa shape index (κ2) is 12.3. The summed E-state index contributed by atoms with van der Waals surface area (Å²) in [7, 11) is 0. The molecule has 0 aliphatic carbocycles. The first-order valence-electron chi connectivity index (χ1n) is 7.32. The van der Waals surface area contributed by atoms with Crippen LogP contribution in [0.5, 0.6) is 0 Å². The molecule has 0 aromatic rings. The molecule has 17 heavy (non-hydrogen) atoms. The molecular weight excluding hydrogens is 210 g/mol. The van der Waals surface area contributed by atoms with Crippen LogP contribution in [0.15, 0.2) is 0 Å². The highest BCUT2D eigenvalue weighted by molar-refractivity contribution is 4.59. The Hall–Kier alpha value is -0.120. The zero-order valence-corrected chi connectivity index (χ0v) is 12.3. The summed E-state index contributed by atoms with van der Waals surface area (Å²) in [6, 6.07) is 0. The predicted molar refractivity (Wildman–Crippen MR) is 77.5 cm³/mol. The average Bonchev–Trinajstić information content (AvgIpc) is 2.35. The summed E-state index contributed by atoms with van der Waals surface area (Å²) in [4.78, 5) is 0. The van der Waals surface area contributed by atoms with Crippen LogP contribution in [0.3, 0.4) is 0 Å². The standard InChI is InChI=1S/C14H33N3/c1-5-13(3)11-16-9-7-15-8-10-17-12-14(4)6-2/h13-17H,5-12H2,1-4H3. The van der Waals surface area contributed by atoms with Crippen LogP contribution < -0.4 is 16.0 Å². The summed E-state index contributed by atoms with van der Waals surface area (Å²) in [5.74, 6) is 1.60. The third-order valence-corrected chi connectivity index (χ3v) is 3.34. The maximum absolute atomic E-state index is 3.47. The molecule has 104 valence electrons. The maximum Gasteiger partial charge on any atom is 0.00772 e. The minimum Gasteiger partial charge on any atom is -0.315 e. The van der Waals surface area contributed by atoms with Crippen LogP contribution in [0.25, 0.3) is 0 Å². The van der Waals surface area contributed by atoms with E-state index in [9.17, 15) is 0 Å². The van der Waals surface area contributed by atoms with E-state index in [0.717, 1.165) is 51.1 Å². The average molecular weight is 243 g/mol. The molecule has 2 atom stereocenters. The van der Waals surface area contributed by atoms with Gasteiger partial charge >= 0.3 is 0 Å². The fourth-order valence-corrected chi connectivity index (χ4v) is 1.46. The van der Waals surface area contributed by atoms with Crippen LogP contribution in [0.2, 0.25) is 0 Å². The van der Waals surface area contributed by atoms with Crippen LogP contribution in [0, 0.1) is 11.8 Å². The molecule has 0 fully saturated rings. The quantitative estimate of drug-likeness (QED) is 0.458. The normalized spacial score (nSPS) is 14.8. The van der Waals surface area contributed by atoms with E-state index in [0.29, 0.717) is 0 Å². The predicted octanol–water partition coefficient (Wildman–Crippen LogP) is 1.85. The van der Waals surface area contributed by atoms with E-state index < -0.39 is 0 Å². The van der Waals surface area contributed by atoms with Gasteiger partial charge < -0.3 is 16.0 Å². The molecule has 3 N–H and O–H groups in total. The first-order valence-corrected chi connectivity index (χ1v) is 7.32. The van der Waals surface area contributed by atoms with E-state index >= 15 is 0 Å². The Labute approximate surface area is 108 Å². The van der Waals surface area contributed by atoms with Crippen molar-refractivity contribution in [3.8, 4) is 0 Å². The van der Waals surface area contributed by atoms with E-state index in [2.05, 4.69) is 43.6 Å². The Morgan fingerprint density at radius 2 is 1.00 bits per heavy atom. The lowest BCUT2D eigenvalue weighted by Crippen LogP contribution is -2.34. The van der Waals surface area contributed by atoms with Crippen molar-refractivity contribution in [1.82, 2.24) is 16.0 Å². The van der Waals surface area contributed by atoms with E-state index in [4.69, 9.17) is 0 Å². The lowest BCUT2D eigenvalue weighted by atomic mass is 10.1. The summed E-state index contributed by atoms with van der Waals surface area (Å²) in [5, 5.41) is 10.4. The largest absolute Gasteiger partial charge is 0.315 e. The molecule has 3 nitrogen and oxygen atoms in total. The molecule has 0 spiro atoms. The summed E-state index contributed by atoms with van der Waals surface area (Å²) < 4.78 is 0. The summed E-state index contributed by atoms with van der Waals surface area (Å²) in [6.45, 7) is 15.7. The molecular formula is C14H33N3. The molecule has 0 radical (unpaired) electrons. The molecule has 0 rings (SSSR count). The number of nitrogens with one attached hydrogen (secondary N) is 3. The van der Waals surface area contributed by atoms with Gasteiger partial charge in [0.2, 0.25) is 0 Å². The van der Waals surface area contributed by atoms with Crippen molar-refractivity contribution in [3.63, 3.8) is 0 Å². The first kappa shape index (κ1) is 16.9. The monoisotopic (exact) mass is 243 g/mol. The highest BCUT2D eigenvalue weighted by Gasteiger charge is 1.97. The third-order valence-electron chi connectivity index (χ3n) is 3.34. The minimum absolute atomic E-state index is 0.798. The Bertz CT molecular complexity index is 134. The van der Waals surface area contributed by atoms with E-state index in [1.54, 1.807) is 0 Å². The van der Waals surface area contributed by atoms with Gasteiger partial charge in [-0.1, -0.05) is 40.5 Å². The van der Waals surface area contributed by atoms with Gasteiger partial charge in [-0.25, -0.2) is 0 Å². The Morgan fingerprint density at radius 3 is 1.35 bits per heavy atom. The highest BCUT2D eigenvalue weighted by atomic mass is 15.0. The molecule has 0 aromatic carbocycles. The van der Waals surface area contributed by atoms with Gasteiger partial charge in [0.25, 0.3) is 0 Å². The summed E-state index contributed by atoms with van der Waals surface area (Å²) in [5.41, 5.74) is 0. The molecule has 0 heterocycles. The molecule has 0 saturated heterocycles. The van der Waals surface area contributed by atoms with E-state index in [1.807, 2.05) is 0 Å². The van der Waals surface area contributed by atoms with Crippen LogP contribution in [-0.2, 0) is 0 Å². The van der Waals surface area contributed by atoms with Crippen molar-refractivity contribution < 1.29 is 0 Å². The van der Waals surface area contributed by atoms with E-state index in [1.165, 1.54) is 12.8 Å². The van der Waals surface area contributed by atoms with Crippen LogP contribution in [0.1, 0.15) is 40.5 Å². The van der Waals surface area contributed by atoms with Crippen molar-refractivity contribution in [1.29, 1.82) is 0 Å². The van der Waals surface area contributed by atoms with Crippen molar-refractivity contribution in [3.05, 3.63) is 0 Å². The number of hydrogen-bond donors (Lipinski definition) is 3. The fourth-order valence-electron chi connectivity index (χ4n) is 1.46.